The van der Waals surface area contributed by atoms with Crippen molar-refractivity contribution in [3.63, 3.8) is 0 Å². The van der Waals surface area contributed by atoms with Crippen molar-refractivity contribution in [3.05, 3.63) is 64.1 Å². The molecule has 1 unspecified atom stereocenters. The molecule has 0 aliphatic heterocycles. The molecule has 0 aliphatic rings. The smallest absolute Gasteiger partial charge is 0.258 e. The number of nitrogens with one attached hydrogen (secondary N) is 1. The summed E-state index contributed by atoms with van der Waals surface area (Å²) in [6, 6.07) is 13.3. The summed E-state index contributed by atoms with van der Waals surface area (Å²) in [7, 11) is 1.58. The van der Waals surface area contributed by atoms with Crippen LogP contribution in [0.25, 0.3) is 6.08 Å². The molecule has 2 aromatic rings. The lowest BCUT2D eigenvalue weighted by Gasteiger charge is -2.16. The van der Waals surface area contributed by atoms with Crippen LogP contribution in [0.4, 0.5) is 0 Å². The zero-order valence-corrected chi connectivity index (χ0v) is 16.2. The Hall–Kier alpha value is -2.27. The van der Waals surface area contributed by atoms with Crippen molar-refractivity contribution in [2.24, 2.45) is 0 Å². The van der Waals surface area contributed by atoms with E-state index < -0.39 is 0 Å². The highest BCUT2D eigenvalue weighted by atomic mass is 79.9. The number of amides is 1. The van der Waals surface area contributed by atoms with E-state index >= 15 is 0 Å². The second kappa shape index (κ2) is 9.28. The van der Waals surface area contributed by atoms with E-state index in [1.807, 2.05) is 62.4 Å². The number of carbonyl (C=O) groups is 1. The van der Waals surface area contributed by atoms with E-state index in [4.69, 9.17) is 9.47 Å². The Balaban J connectivity index is 1.94. The van der Waals surface area contributed by atoms with Gasteiger partial charge in [0.05, 0.1) is 13.2 Å². The van der Waals surface area contributed by atoms with Gasteiger partial charge in [-0.05, 0) is 49.2 Å². The van der Waals surface area contributed by atoms with Crippen LogP contribution in [0.2, 0.25) is 0 Å². The first kappa shape index (κ1) is 19.1. The molecule has 0 radical (unpaired) electrons. The van der Waals surface area contributed by atoms with Crippen molar-refractivity contribution in [2.75, 3.05) is 13.7 Å². The van der Waals surface area contributed by atoms with Crippen LogP contribution in [0, 0.1) is 0 Å². The number of hydrogen-bond acceptors (Lipinski definition) is 3. The molecule has 0 spiro atoms. The molecule has 1 atom stereocenters. The van der Waals surface area contributed by atoms with Crippen LogP contribution in [-0.4, -0.2) is 19.6 Å². The third kappa shape index (κ3) is 5.64. The first-order valence-electron chi connectivity index (χ1n) is 8.02. The van der Waals surface area contributed by atoms with Crippen LogP contribution in [0.5, 0.6) is 11.5 Å². The molecule has 0 aliphatic carbocycles. The molecule has 25 heavy (non-hydrogen) atoms. The predicted molar refractivity (Wildman–Crippen MR) is 104 cm³/mol. The highest BCUT2D eigenvalue weighted by molar-refractivity contribution is 9.10. The second-order valence-corrected chi connectivity index (χ2v) is 6.46. The van der Waals surface area contributed by atoms with E-state index in [-0.39, 0.29) is 18.6 Å². The largest absolute Gasteiger partial charge is 0.493 e. The van der Waals surface area contributed by atoms with Gasteiger partial charge in [-0.2, -0.15) is 0 Å². The van der Waals surface area contributed by atoms with E-state index in [9.17, 15) is 4.79 Å². The number of allylic oxidation sites excluding steroid dienone is 1. The summed E-state index contributed by atoms with van der Waals surface area (Å²) < 4.78 is 11.9. The molecule has 1 N–H and O–H groups in total. The Bertz CT molecular complexity index is 741. The molecule has 0 fully saturated rings. The molecular weight excluding hydrogens is 382 g/mol. The lowest BCUT2D eigenvalue weighted by Crippen LogP contribution is -2.31. The summed E-state index contributed by atoms with van der Waals surface area (Å²) in [4.78, 5) is 12.1. The van der Waals surface area contributed by atoms with Crippen LogP contribution >= 0.6 is 15.9 Å². The standard InChI is InChI=1S/C20H22BrNO3/c1-4-5-15-6-11-18(19(12-15)24-3)25-13-20(23)22-14(2)16-7-9-17(21)10-8-16/h4-12,14H,13H2,1-3H3,(H,22,23)/b5-4+. The average molecular weight is 404 g/mol. The van der Waals surface area contributed by atoms with Crippen LogP contribution in [0.15, 0.2) is 53.0 Å². The van der Waals surface area contributed by atoms with Crippen molar-refractivity contribution >= 4 is 27.9 Å². The number of hydrogen-bond donors (Lipinski definition) is 1. The van der Waals surface area contributed by atoms with Gasteiger partial charge in [-0.15, -0.1) is 0 Å². The van der Waals surface area contributed by atoms with Crippen LogP contribution in [-0.2, 0) is 4.79 Å². The van der Waals surface area contributed by atoms with Gasteiger partial charge in [-0.25, -0.2) is 0 Å². The maximum absolute atomic E-state index is 12.1. The van der Waals surface area contributed by atoms with Gasteiger partial charge in [-0.3, -0.25) is 4.79 Å². The number of benzene rings is 2. The molecule has 4 nitrogen and oxygen atoms in total. The Morgan fingerprint density at radius 2 is 1.92 bits per heavy atom. The molecular formula is C20H22BrNO3. The summed E-state index contributed by atoms with van der Waals surface area (Å²) >= 11 is 3.40. The molecule has 132 valence electrons. The summed E-state index contributed by atoms with van der Waals surface area (Å²) in [5, 5.41) is 2.92. The third-order valence-electron chi connectivity index (χ3n) is 3.65. The Morgan fingerprint density at radius 1 is 1.20 bits per heavy atom. The van der Waals surface area contributed by atoms with Gasteiger partial charge < -0.3 is 14.8 Å². The van der Waals surface area contributed by atoms with Gasteiger partial charge >= 0.3 is 0 Å². The van der Waals surface area contributed by atoms with Gasteiger partial charge in [0.1, 0.15) is 0 Å². The SMILES string of the molecule is C/C=C/c1ccc(OCC(=O)NC(C)c2ccc(Br)cc2)c(OC)c1. The van der Waals surface area contributed by atoms with Crippen LogP contribution in [0.3, 0.4) is 0 Å². The first-order chi connectivity index (χ1) is 12.0. The minimum Gasteiger partial charge on any atom is -0.493 e. The monoisotopic (exact) mass is 403 g/mol. The highest BCUT2D eigenvalue weighted by Gasteiger charge is 2.12. The van der Waals surface area contributed by atoms with E-state index in [1.165, 1.54) is 0 Å². The van der Waals surface area contributed by atoms with Gasteiger partial charge in [-0.1, -0.05) is 46.3 Å². The van der Waals surface area contributed by atoms with Crippen molar-refractivity contribution in [3.8, 4) is 11.5 Å². The van der Waals surface area contributed by atoms with Gasteiger partial charge in [0, 0.05) is 4.47 Å². The molecule has 5 heteroatoms. The zero-order chi connectivity index (χ0) is 18.2. The van der Waals surface area contributed by atoms with Gasteiger partial charge in [0.15, 0.2) is 18.1 Å². The maximum atomic E-state index is 12.1. The highest BCUT2D eigenvalue weighted by Crippen LogP contribution is 2.28. The summed E-state index contributed by atoms with van der Waals surface area (Å²) in [6.07, 6.45) is 3.92. The predicted octanol–water partition coefficient (Wildman–Crippen LogP) is 4.75. The zero-order valence-electron chi connectivity index (χ0n) is 14.6. The van der Waals surface area contributed by atoms with Crippen molar-refractivity contribution in [1.82, 2.24) is 5.32 Å². The van der Waals surface area contributed by atoms with Crippen LogP contribution in [0.1, 0.15) is 31.0 Å². The molecule has 2 aromatic carbocycles. The fraction of sp³-hybridized carbons (Fsp3) is 0.250. The fourth-order valence-electron chi connectivity index (χ4n) is 2.36. The number of carbonyl (C=O) groups excluding carboxylic acids is 1. The number of methoxy groups -OCH3 is 1. The average Bonchev–Trinajstić information content (AvgIpc) is 2.61. The molecule has 0 saturated heterocycles. The maximum Gasteiger partial charge on any atom is 0.258 e. The fourth-order valence-corrected chi connectivity index (χ4v) is 2.63. The topological polar surface area (TPSA) is 47.6 Å². The van der Waals surface area contributed by atoms with E-state index in [0.717, 1.165) is 15.6 Å². The number of ether oxygens (including phenoxy) is 2. The minimum atomic E-state index is -0.185. The summed E-state index contributed by atoms with van der Waals surface area (Å²) in [5.41, 5.74) is 2.05. The Labute approximate surface area is 157 Å². The van der Waals surface area contributed by atoms with Crippen molar-refractivity contribution < 1.29 is 14.3 Å². The second-order valence-electron chi connectivity index (χ2n) is 5.54. The molecule has 0 saturated carbocycles. The van der Waals surface area contributed by atoms with Crippen molar-refractivity contribution in [1.29, 1.82) is 0 Å². The Morgan fingerprint density at radius 3 is 2.56 bits per heavy atom. The van der Waals surface area contributed by atoms with Crippen LogP contribution < -0.4 is 14.8 Å². The molecule has 0 bridgehead atoms. The first-order valence-corrected chi connectivity index (χ1v) is 8.81. The molecule has 2 rings (SSSR count). The molecule has 0 heterocycles. The lowest BCUT2D eigenvalue weighted by atomic mass is 10.1. The number of halogens is 1. The van der Waals surface area contributed by atoms with Gasteiger partial charge in [0.2, 0.25) is 0 Å². The number of rotatable bonds is 7. The minimum absolute atomic E-state index is 0.0693. The summed E-state index contributed by atoms with van der Waals surface area (Å²) in [5.74, 6) is 0.960. The summed E-state index contributed by atoms with van der Waals surface area (Å²) in [6.45, 7) is 3.82. The lowest BCUT2D eigenvalue weighted by molar-refractivity contribution is -0.123. The quantitative estimate of drug-likeness (QED) is 0.725. The van der Waals surface area contributed by atoms with E-state index in [0.29, 0.717) is 11.5 Å². The molecule has 0 aromatic heterocycles. The van der Waals surface area contributed by atoms with Crippen molar-refractivity contribution in [2.45, 2.75) is 19.9 Å². The van der Waals surface area contributed by atoms with E-state index in [2.05, 4.69) is 21.2 Å². The van der Waals surface area contributed by atoms with E-state index in [1.54, 1.807) is 13.2 Å². The van der Waals surface area contributed by atoms with Gasteiger partial charge in [0.25, 0.3) is 5.91 Å². The normalized spacial score (nSPS) is 12.0. The third-order valence-corrected chi connectivity index (χ3v) is 4.18. The Kier molecular flexibility index (Phi) is 7.07. The molecule has 1 amide bonds.